The molecule has 1 aromatic heterocycles. The van der Waals surface area contributed by atoms with Crippen LogP contribution in [0.4, 0.5) is 11.4 Å². The van der Waals surface area contributed by atoms with Crippen LogP contribution in [-0.4, -0.2) is 17.3 Å². The highest BCUT2D eigenvalue weighted by Gasteiger charge is 2.33. The van der Waals surface area contributed by atoms with Crippen LogP contribution in [0.15, 0.2) is 41.0 Å². The van der Waals surface area contributed by atoms with Crippen LogP contribution in [0.3, 0.4) is 0 Å². The van der Waals surface area contributed by atoms with Gasteiger partial charge in [0, 0.05) is 18.2 Å². The molecule has 126 valence electrons. The molecule has 24 heavy (non-hydrogen) atoms. The molecule has 0 radical (unpaired) electrons. The number of anilines is 1. The van der Waals surface area contributed by atoms with Gasteiger partial charge in [0.05, 0.1) is 17.2 Å². The largest absolute Gasteiger partial charge is 0.467 e. The molecule has 1 fully saturated rings. The van der Waals surface area contributed by atoms with E-state index in [1.807, 2.05) is 17.0 Å². The standard InChI is InChI=1S/C18H20N2O4/c1-12-7-8-19(17(10-12)18-4-3-9-24-18)15-6-5-14(13(2)21)11-16(15)20(22)23/h3-6,9,11-12,17H,7-8,10H2,1-2H3. The topological polar surface area (TPSA) is 76.6 Å². The Morgan fingerprint density at radius 2 is 2.17 bits per heavy atom. The monoisotopic (exact) mass is 328 g/mol. The first-order chi connectivity index (χ1) is 11.5. The molecule has 0 saturated carbocycles. The summed E-state index contributed by atoms with van der Waals surface area (Å²) in [5.41, 5.74) is 0.859. The van der Waals surface area contributed by atoms with E-state index in [1.165, 1.54) is 13.0 Å². The molecule has 0 spiro atoms. The van der Waals surface area contributed by atoms with Crippen molar-refractivity contribution in [2.75, 3.05) is 11.4 Å². The van der Waals surface area contributed by atoms with E-state index in [1.54, 1.807) is 18.4 Å². The molecule has 3 rings (SSSR count). The Kier molecular flexibility index (Phi) is 4.38. The average Bonchev–Trinajstić information content (AvgIpc) is 3.08. The van der Waals surface area contributed by atoms with Crippen molar-refractivity contribution >= 4 is 17.2 Å². The summed E-state index contributed by atoms with van der Waals surface area (Å²) in [6.07, 6.45) is 3.46. The van der Waals surface area contributed by atoms with Gasteiger partial charge >= 0.3 is 0 Å². The number of nitro benzene ring substituents is 1. The fourth-order valence-electron chi connectivity index (χ4n) is 3.31. The molecule has 1 aliphatic rings. The number of carbonyl (C=O) groups excluding carboxylic acids is 1. The van der Waals surface area contributed by atoms with Crippen molar-refractivity contribution in [3.63, 3.8) is 0 Å². The van der Waals surface area contributed by atoms with Crippen LogP contribution in [0.1, 0.15) is 48.8 Å². The summed E-state index contributed by atoms with van der Waals surface area (Å²) in [5, 5.41) is 11.5. The molecule has 1 aromatic carbocycles. The van der Waals surface area contributed by atoms with Crippen molar-refractivity contribution < 1.29 is 14.1 Å². The predicted molar refractivity (Wildman–Crippen MR) is 90.3 cm³/mol. The molecule has 0 amide bonds. The third-order valence-corrected chi connectivity index (χ3v) is 4.62. The molecule has 2 atom stereocenters. The van der Waals surface area contributed by atoms with Crippen molar-refractivity contribution in [3.8, 4) is 0 Å². The van der Waals surface area contributed by atoms with Crippen LogP contribution in [0.2, 0.25) is 0 Å². The van der Waals surface area contributed by atoms with Crippen LogP contribution in [0.25, 0.3) is 0 Å². The Morgan fingerprint density at radius 3 is 2.79 bits per heavy atom. The number of Topliss-reactive ketones (excluding diaryl/α,β-unsaturated/α-hetero) is 1. The van der Waals surface area contributed by atoms with Gasteiger partial charge in [-0.2, -0.15) is 0 Å². The van der Waals surface area contributed by atoms with Crippen LogP contribution >= 0.6 is 0 Å². The van der Waals surface area contributed by atoms with Gasteiger partial charge < -0.3 is 9.32 Å². The van der Waals surface area contributed by atoms with E-state index in [4.69, 9.17) is 4.42 Å². The highest BCUT2D eigenvalue weighted by atomic mass is 16.6. The lowest BCUT2D eigenvalue weighted by atomic mass is 9.90. The Labute approximate surface area is 140 Å². The number of hydrogen-bond donors (Lipinski definition) is 0. The van der Waals surface area contributed by atoms with E-state index in [0.29, 0.717) is 23.7 Å². The third kappa shape index (κ3) is 3.04. The zero-order valence-electron chi connectivity index (χ0n) is 13.8. The lowest BCUT2D eigenvalue weighted by molar-refractivity contribution is -0.384. The zero-order valence-corrected chi connectivity index (χ0v) is 13.8. The first-order valence-corrected chi connectivity index (χ1v) is 8.06. The maximum Gasteiger partial charge on any atom is 0.293 e. The molecule has 2 unspecified atom stereocenters. The second-order valence-electron chi connectivity index (χ2n) is 6.37. The van der Waals surface area contributed by atoms with Crippen LogP contribution in [-0.2, 0) is 0 Å². The Morgan fingerprint density at radius 1 is 1.38 bits per heavy atom. The van der Waals surface area contributed by atoms with Gasteiger partial charge in [0.25, 0.3) is 5.69 Å². The number of carbonyl (C=O) groups is 1. The number of nitro groups is 1. The number of rotatable bonds is 4. The van der Waals surface area contributed by atoms with Crippen molar-refractivity contribution in [1.82, 2.24) is 0 Å². The Bertz CT molecular complexity index is 754. The summed E-state index contributed by atoms with van der Waals surface area (Å²) in [4.78, 5) is 24.7. The van der Waals surface area contributed by atoms with Gasteiger partial charge in [0.15, 0.2) is 5.78 Å². The predicted octanol–water partition coefficient (Wildman–Crippen LogP) is 4.37. The van der Waals surface area contributed by atoms with Gasteiger partial charge in [-0.15, -0.1) is 0 Å². The second-order valence-corrected chi connectivity index (χ2v) is 6.37. The number of furan rings is 1. The van der Waals surface area contributed by atoms with Crippen molar-refractivity contribution in [2.24, 2.45) is 5.92 Å². The van der Waals surface area contributed by atoms with Crippen LogP contribution in [0.5, 0.6) is 0 Å². The summed E-state index contributed by atoms with van der Waals surface area (Å²) in [5.74, 6) is 1.15. The highest BCUT2D eigenvalue weighted by molar-refractivity contribution is 5.95. The molecule has 1 aliphatic heterocycles. The SMILES string of the molecule is CC(=O)c1ccc(N2CCC(C)CC2c2ccco2)c([N+](=O)[O-])c1. The highest BCUT2D eigenvalue weighted by Crippen LogP contribution is 2.41. The lowest BCUT2D eigenvalue weighted by Gasteiger charge is -2.38. The van der Waals surface area contributed by atoms with Crippen molar-refractivity contribution in [3.05, 3.63) is 58.0 Å². The van der Waals surface area contributed by atoms with E-state index in [-0.39, 0.29) is 17.5 Å². The van der Waals surface area contributed by atoms with E-state index in [9.17, 15) is 14.9 Å². The molecule has 2 heterocycles. The zero-order chi connectivity index (χ0) is 17.3. The first kappa shape index (κ1) is 16.2. The summed E-state index contributed by atoms with van der Waals surface area (Å²) in [7, 11) is 0. The molecular weight excluding hydrogens is 308 g/mol. The molecule has 0 aliphatic carbocycles. The fourth-order valence-corrected chi connectivity index (χ4v) is 3.31. The van der Waals surface area contributed by atoms with E-state index in [2.05, 4.69) is 6.92 Å². The van der Waals surface area contributed by atoms with Crippen LogP contribution in [0, 0.1) is 16.0 Å². The van der Waals surface area contributed by atoms with E-state index >= 15 is 0 Å². The molecule has 2 aromatic rings. The Balaban J connectivity index is 2.05. The van der Waals surface area contributed by atoms with E-state index in [0.717, 1.165) is 18.6 Å². The number of nitrogens with zero attached hydrogens (tertiary/aromatic N) is 2. The normalized spacial score (nSPS) is 20.8. The number of benzene rings is 1. The molecular formula is C18H20N2O4. The number of hydrogen-bond acceptors (Lipinski definition) is 5. The molecule has 6 heteroatoms. The molecule has 0 bridgehead atoms. The van der Waals surface area contributed by atoms with Gasteiger partial charge in [-0.1, -0.05) is 6.92 Å². The molecule has 0 N–H and O–H groups in total. The summed E-state index contributed by atoms with van der Waals surface area (Å²) in [6.45, 7) is 4.31. The van der Waals surface area contributed by atoms with Gasteiger partial charge in [-0.25, -0.2) is 0 Å². The maximum absolute atomic E-state index is 11.6. The van der Waals surface area contributed by atoms with E-state index < -0.39 is 4.92 Å². The second kappa shape index (κ2) is 6.47. The summed E-state index contributed by atoms with van der Waals surface area (Å²) < 4.78 is 5.57. The Hall–Kier alpha value is -2.63. The molecule has 1 saturated heterocycles. The minimum absolute atomic E-state index is 0.0335. The fraction of sp³-hybridized carbons (Fsp3) is 0.389. The van der Waals surface area contributed by atoms with Gasteiger partial charge in [-0.3, -0.25) is 14.9 Å². The molecule has 6 nitrogen and oxygen atoms in total. The minimum Gasteiger partial charge on any atom is -0.467 e. The minimum atomic E-state index is -0.418. The summed E-state index contributed by atoms with van der Waals surface area (Å²) >= 11 is 0. The van der Waals surface area contributed by atoms with Crippen molar-refractivity contribution in [1.29, 1.82) is 0 Å². The lowest BCUT2D eigenvalue weighted by Crippen LogP contribution is -2.36. The average molecular weight is 328 g/mol. The van der Waals surface area contributed by atoms with Crippen LogP contribution < -0.4 is 4.90 Å². The smallest absolute Gasteiger partial charge is 0.293 e. The number of piperidine rings is 1. The van der Waals surface area contributed by atoms with Gasteiger partial charge in [-0.05, 0) is 49.9 Å². The number of ketones is 1. The summed E-state index contributed by atoms with van der Waals surface area (Å²) in [6, 6.07) is 8.41. The van der Waals surface area contributed by atoms with Gasteiger partial charge in [0.2, 0.25) is 0 Å². The van der Waals surface area contributed by atoms with Gasteiger partial charge in [0.1, 0.15) is 11.4 Å². The maximum atomic E-state index is 11.6. The first-order valence-electron chi connectivity index (χ1n) is 8.06. The van der Waals surface area contributed by atoms with Crippen molar-refractivity contribution in [2.45, 2.75) is 32.7 Å². The third-order valence-electron chi connectivity index (χ3n) is 4.62. The quantitative estimate of drug-likeness (QED) is 0.473.